The molecule has 1 amide bonds. The Morgan fingerprint density at radius 3 is 2.68 bits per heavy atom. The van der Waals surface area contributed by atoms with E-state index in [1.807, 2.05) is 0 Å². The van der Waals surface area contributed by atoms with Gasteiger partial charge < -0.3 is 15.5 Å². The second-order valence-electron chi connectivity index (χ2n) is 6.11. The van der Waals surface area contributed by atoms with Gasteiger partial charge in [0.15, 0.2) is 0 Å². The number of carbonyl (C=O) groups excluding carboxylic acids is 1. The van der Waals surface area contributed by atoms with Crippen LogP contribution in [0.15, 0.2) is 32.8 Å². The first-order valence-electron chi connectivity index (χ1n) is 8.08. The van der Waals surface area contributed by atoms with Crippen molar-refractivity contribution in [2.45, 2.75) is 20.5 Å². The van der Waals surface area contributed by atoms with Crippen molar-refractivity contribution in [1.29, 1.82) is 0 Å². The predicted octanol–water partition coefficient (Wildman–Crippen LogP) is 4.44. The van der Waals surface area contributed by atoms with Crippen LogP contribution in [0.3, 0.4) is 0 Å². The van der Waals surface area contributed by atoms with Crippen LogP contribution in [0.25, 0.3) is 10.4 Å². The molecule has 0 spiro atoms. The Bertz CT molecular complexity index is 1140. The number of halogens is 3. The number of H-pyrrole nitrogens is 1. The van der Waals surface area contributed by atoms with Crippen molar-refractivity contribution in [3.63, 3.8) is 0 Å². The zero-order chi connectivity index (χ0) is 20.6. The van der Waals surface area contributed by atoms with E-state index in [1.165, 1.54) is 17.4 Å². The number of rotatable bonds is 5. The minimum atomic E-state index is -0.760. The van der Waals surface area contributed by atoms with E-state index in [-0.39, 0.29) is 22.4 Å². The number of nitrogens with one attached hydrogen (secondary N) is 1. The van der Waals surface area contributed by atoms with E-state index in [1.54, 1.807) is 19.2 Å². The Morgan fingerprint density at radius 1 is 1.32 bits per heavy atom. The van der Waals surface area contributed by atoms with E-state index >= 15 is 0 Å². The molecule has 146 valence electrons. The van der Waals surface area contributed by atoms with E-state index in [0.29, 0.717) is 27.3 Å². The number of thiophene rings is 1. The Balaban J connectivity index is 2.13. The molecule has 1 aromatic carbocycles. The predicted molar refractivity (Wildman–Crippen MR) is 107 cm³/mol. The number of aromatic amines is 1. The molecule has 0 saturated carbocycles. The summed E-state index contributed by atoms with van der Waals surface area (Å²) in [4.78, 5) is 27.3. The highest BCUT2D eigenvalue weighted by atomic mass is 79.9. The molecule has 0 radical (unpaired) electrons. The molecule has 0 aliphatic carbocycles. The zero-order valence-corrected chi connectivity index (χ0v) is 17.3. The number of aryl methyl sites for hydroxylation is 2. The summed E-state index contributed by atoms with van der Waals surface area (Å²) in [6, 6.07) is 3.14. The molecular formula is C19H15BrF2N2O3S. The topological polar surface area (TPSA) is 85.2 Å². The molecule has 28 heavy (non-hydrogen) atoms. The van der Waals surface area contributed by atoms with Crippen molar-refractivity contribution in [2.24, 2.45) is 5.73 Å². The summed E-state index contributed by atoms with van der Waals surface area (Å²) in [5, 5.41) is 1.78. The van der Waals surface area contributed by atoms with Crippen LogP contribution in [0.2, 0.25) is 0 Å². The zero-order valence-electron chi connectivity index (χ0n) is 14.9. The van der Waals surface area contributed by atoms with Gasteiger partial charge in [-0.3, -0.25) is 9.59 Å². The Hall–Kier alpha value is -2.52. The van der Waals surface area contributed by atoms with Crippen LogP contribution in [0.5, 0.6) is 5.75 Å². The maximum atomic E-state index is 14.0. The molecule has 0 fully saturated rings. The van der Waals surface area contributed by atoms with Crippen molar-refractivity contribution >= 4 is 33.2 Å². The Labute approximate surface area is 171 Å². The molecule has 0 unspecified atom stereocenters. The fraction of sp³-hybridized carbons (Fsp3) is 0.158. The molecule has 0 aliphatic rings. The number of hydrogen-bond donors (Lipinski definition) is 2. The fourth-order valence-electron chi connectivity index (χ4n) is 2.80. The van der Waals surface area contributed by atoms with Gasteiger partial charge in [-0.25, -0.2) is 8.78 Å². The fourth-order valence-corrected chi connectivity index (χ4v) is 4.37. The number of amides is 1. The highest BCUT2D eigenvalue weighted by Gasteiger charge is 2.24. The number of primary amides is 1. The van der Waals surface area contributed by atoms with E-state index in [2.05, 4.69) is 20.9 Å². The third kappa shape index (κ3) is 3.72. The van der Waals surface area contributed by atoms with E-state index in [4.69, 9.17) is 10.5 Å². The van der Waals surface area contributed by atoms with E-state index in [9.17, 15) is 18.4 Å². The number of hydrogen-bond acceptors (Lipinski definition) is 4. The smallest absolute Gasteiger partial charge is 0.266 e. The van der Waals surface area contributed by atoms with Gasteiger partial charge in [-0.2, -0.15) is 0 Å². The van der Waals surface area contributed by atoms with Gasteiger partial charge in [0.05, 0.1) is 16.0 Å². The van der Waals surface area contributed by atoms with Crippen molar-refractivity contribution < 1.29 is 18.3 Å². The molecule has 2 aromatic heterocycles. The van der Waals surface area contributed by atoms with Crippen molar-refractivity contribution in [3.05, 3.63) is 72.4 Å². The number of nitrogens with two attached hydrogens (primary N) is 1. The molecule has 5 nitrogen and oxygen atoms in total. The third-order valence-electron chi connectivity index (χ3n) is 4.14. The molecule has 3 N–H and O–H groups in total. The Morgan fingerprint density at radius 2 is 2.04 bits per heavy atom. The SMILES string of the molecule is Cc1csc(-c2c(C)[nH]c(=O)c(Br)c2OCc2ccc(F)cc2F)c1C(N)=O. The van der Waals surface area contributed by atoms with Crippen molar-refractivity contribution in [3.8, 4) is 16.2 Å². The van der Waals surface area contributed by atoms with Gasteiger partial charge in [-0.1, -0.05) is 0 Å². The maximum absolute atomic E-state index is 14.0. The molecule has 2 heterocycles. The lowest BCUT2D eigenvalue weighted by Gasteiger charge is -2.16. The van der Waals surface area contributed by atoms with Crippen molar-refractivity contribution in [1.82, 2.24) is 4.98 Å². The summed E-state index contributed by atoms with van der Waals surface area (Å²) in [5.74, 6) is -1.92. The second-order valence-corrected chi connectivity index (χ2v) is 7.78. The van der Waals surface area contributed by atoms with E-state index < -0.39 is 23.1 Å². The first-order chi connectivity index (χ1) is 13.2. The number of aromatic nitrogens is 1. The summed E-state index contributed by atoms with van der Waals surface area (Å²) in [6.07, 6.45) is 0. The van der Waals surface area contributed by atoms with Crippen LogP contribution in [-0.4, -0.2) is 10.9 Å². The average molecular weight is 469 g/mol. The average Bonchev–Trinajstić information content (AvgIpc) is 2.99. The number of ether oxygens (including phenoxy) is 1. The van der Waals surface area contributed by atoms with Gasteiger partial charge in [0.25, 0.3) is 5.56 Å². The molecule has 3 rings (SSSR count). The van der Waals surface area contributed by atoms with Crippen LogP contribution in [0.1, 0.15) is 27.2 Å². The number of carbonyl (C=O) groups is 1. The van der Waals surface area contributed by atoms with Crippen LogP contribution in [0, 0.1) is 25.5 Å². The lowest BCUT2D eigenvalue weighted by molar-refractivity contribution is 0.100. The monoisotopic (exact) mass is 468 g/mol. The summed E-state index contributed by atoms with van der Waals surface area (Å²) in [6.45, 7) is 3.18. The first-order valence-corrected chi connectivity index (χ1v) is 9.75. The lowest BCUT2D eigenvalue weighted by atomic mass is 10.0. The van der Waals surface area contributed by atoms with Gasteiger partial charge >= 0.3 is 0 Å². The largest absolute Gasteiger partial charge is 0.487 e. The molecule has 0 saturated heterocycles. The highest BCUT2D eigenvalue weighted by molar-refractivity contribution is 9.10. The van der Waals surface area contributed by atoms with Crippen molar-refractivity contribution in [2.75, 3.05) is 0 Å². The normalized spacial score (nSPS) is 10.9. The Kier molecular flexibility index (Phi) is 5.66. The molecule has 9 heteroatoms. The molecule has 3 aromatic rings. The lowest BCUT2D eigenvalue weighted by Crippen LogP contribution is -2.15. The molecular weight excluding hydrogens is 454 g/mol. The van der Waals surface area contributed by atoms with Gasteiger partial charge in [-0.05, 0) is 52.9 Å². The van der Waals surface area contributed by atoms with E-state index in [0.717, 1.165) is 12.1 Å². The first kappa shape index (κ1) is 20.2. The van der Waals surface area contributed by atoms with Gasteiger partial charge in [0.1, 0.15) is 28.5 Å². The van der Waals surface area contributed by atoms with Crippen LogP contribution in [-0.2, 0) is 6.61 Å². The summed E-state index contributed by atoms with van der Waals surface area (Å²) in [7, 11) is 0. The summed E-state index contributed by atoms with van der Waals surface area (Å²) < 4.78 is 32.9. The minimum Gasteiger partial charge on any atom is -0.487 e. The van der Waals surface area contributed by atoms with Crippen LogP contribution >= 0.6 is 27.3 Å². The molecule has 0 atom stereocenters. The third-order valence-corrected chi connectivity index (χ3v) is 5.97. The van der Waals surface area contributed by atoms with Gasteiger partial charge in [0.2, 0.25) is 5.91 Å². The summed E-state index contributed by atoms with van der Waals surface area (Å²) in [5.41, 5.74) is 7.16. The number of pyridine rings is 1. The maximum Gasteiger partial charge on any atom is 0.266 e. The quantitative estimate of drug-likeness (QED) is 0.580. The van der Waals surface area contributed by atoms with Crippen LogP contribution in [0.4, 0.5) is 8.78 Å². The highest BCUT2D eigenvalue weighted by Crippen LogP contribution is 2.42. The van der Waals surface area contributed by atoms with Crippen LogP contribution < -0.4 is 16.0 Å². The van der Waals surface area contributed by atoms with Gasteiger partial charge in [-0.15, -0.1) is 11.3 Å². The summed E-state index contributed by atoms with van der Waals surface area (Å²) >= 11 is 4.48. The number of benzene rings is 1. The van der Waals surface area contributed by atoms with Gasteiger partial charge in [0, 0.05) is 17.3 Å². The minimum absolute atomic E-state index is 0.0945. The second kappa shape index (κ2) is 7.84. The standard InChI is InChI=1S/C19H15BrF2N2O3S/c1-8-7-28-17(13(8)18(23)25)14-9(2)24-19(26)15(20)16(14)27-6-10-3-4-11(21)5-12(10)22/h3-5,7H,6H2,1-2H3,(H2,23,25)(H,24,26). The molecule has 0 aliphatic heterocycles. The molecule has 0 bridgehead atoms.